The van der Waals surface area contributed by atoms with Crippen molar-refractivity contribution in [3.8, 4) is 0 Å². The first-order valence-corrected chi connectivity index (χ1v) is 5.70. The summed E-state index contributed by atoms with van der Waals surface area (Å²) in [6, 6.07) is 2.74. The van der Waals surface area contributed by atoms with Gasteiger partial charge in [0.2, 0.25) is 0 Å². The molecule has 0 unspecified atom stereocenters. The highest BCUT2D eigenvalue weighted by Crippen LogP contribution is 2.22. The molecular weight excluding hydrogens is 373 g/mol. The van der Waals surface area contributed by atoms with E-state index in [1.807, 2.05) is 22.6 Å². The summed E-state index contributed by atoms with van der Waals surface area (Å²) in [6.07, 6.45) is 0. The van der Waals surface area contributed by atoms with Crippen LogP contribution in [0.5, 0.6) is 0 Å². The van der Waals surface area contributed by atoms with Crippen LogP contribution in [-0.2, 0) is 0 Å². The molecule has 1 aromatic carbocycles. The Morgan fingerprint density at radius 2 is 2.23 bits per heavy atom. The lowest BCUT2D eigenvalue weighted by Crippen LogP contribution is -2.03. The van der Waals surface area contributed by atoms with Gasteiger partial charge in [-0.2, -0.15) is 0 Å². The highest BCUT2D eigenvalue weighted by atomic mass is 127. The molecule has 1 nitrogen and oxygen atoms in total. The summed E-state index contributed by atoms with van der Waals surface area (Å²) < 4.78 is 14.1. The summed E-state index contributed by atoms with van der Waals surface area (Å²) in [5.41, 5.74) is 0.330. The highest BCUT2D eigenvalue weighted by molar-refractivity contribution is 14.1. The Bertz CT molecular complexity index is 356. The second-order valence-corrected chi connectivity index (χ2v) is 4.59. The van der Waals surface area contributed by atoms with Gasteiger partial charge in [0.25, 0.3) is 0 Å². The summed E-state index contributed by atoms with van der Waals surface area (Å²) in [5, 5.41) is 0. The molecule has 0 aliphatic rings. The Labute approximate surface area is 102 Å². The van der Waals surface area contributed by atoms with Gasteiger partial charge in [-0.15, -0.1) is 11.6 Å². The van der Waals surface area contributed by atoms with Crippen molar-refractivity contribution in [2.45, 2.75) is 0 Å². The molecule has 0 saturated carbocycles. The molecule has 0 saturated heterocycles. The number of alkyl halides is 1. The molecule has 0 radical (unpaired) electrons. The van der Waals surface area contributed by atoms with E-state index in [2.05, 4.69) is 15.9 Å². The van der Waals surface area contributed by atoms with Gasteiger partial charge >= 0.3 is 0 Å². The minimum atomic E-state index is -0.450. The third-order valence-corrected chi connectivity index (χ3v) is 3.17. The van der Waals surface area contributed by atoms with Gasteiger partial charge in [0.05, 0.1) is 10.4 Å². The Hall–Kier alpha value is 0.320. The first-order valence-electron chi connectivity index (χ1n) is 3.30. The molecule has 0 aromatic heterocycles. The zero-order valence-electron chi connectivity index (χ0n) is 6.28. The van der Waals surface area contributed by atoms with E-state index in [1.165, 1.54) is 6.07 Å². The van der Waals surface area contributed by atoms with Crippen molar-refractivity contribution >= 4 is 55.9 Å². The lowest BCUT2D eigenvalue weighted by atomic mass is 10.1. The van der Waals surface area contributed by atoms with E-state index in [0.29, 0.717) is 13.6 Å². The summed E-state index contributed by atoms with van der Waals surface area (Å²) in [6.45, 7) is 0. The van der Waals surface area contributed by atoms with E-state index in [1.54, 1.807) is 6.07 Å². The monoisotopic (exact) mass is 376 g/mol. The maximum atomic E-state index is 13.0. The van der Waals surface area contributed by atoms with Crippen molar-refractivity contribution < 1.29 is 9.18 Å². The Morgan fingerprint density at radius 1 is 1.62 bits per heavy atom. The third-order valence-electron chi connectivity index (χ3n) is 1.43. The van der Waals surface area contributed by atoms with Crippen LogP contribution < -0.4 is 0 Å². The maximum Gasteiger partial charge on any atom is 0.178 e. The predicted molar refractivity (Wildman–Crippen MR) is 61.9 cm³/mol. The van der Waals surface area contributed by atoms with E-state index in [0.717, 1.165) is 0 Å². The smallest absolute Gasteiger partial charge is 0.178 e. The molecule has 70 valence electrons. The van der Waals surface area contributed by atoms with Crippen molar-refractivity contribution in [1.29, 1.82) is 0 Å². The van der Waals surface area contributed by atoms with E-state index in [4.69, 9.17) is 11.6 Å². The van der Waals surface area contributed by atoms with Crippen LogP contribution in [0.1, 0.15) is 10.4 Å². The van der Waals surface area contributed by atoms with Gasteiger partial charge < -0.3 is 0 Å². The summed E-state index contributed by atoms with van der Waals surface area (Å²) in [7, 11) is 0. The van der Waals surface area contributed by atoms with Crippen LogP contribution in [0.3, 0.4) is 0 Å². The van der Waals surface area contributed by atoms with Crippen molar-refractivity contribution in [1.82, 2.24) is 0 Å². The lowest BCUT2D eigenvalue weighted by Gasteiger charge is -2.02. The predicted octanol–water partition coefficient (Wildman–Crippen LogP) is 3.61. The minimum Gasteiger partial charge on any atom is -0.293 e. The number of Topliss-reactive ketones (excluding diaryl/α,β-unsaturated/α-hetero) is 1. The van der Waals surface area contributed by atoms with Crippen LogP contribution in [0, 0.1) is 9.39 Å². The topological polar surface area (TPSA) is 17.1 Å². The third kappa shape index (κ3) is 2.63. The molecular formula is C8H4BrClFIO. The molecule has 13 heavy (non-hydrogen) atoms. The highest BCUT2D eigenvalue weighted by Gasteiger charge is 2.12. The Balaban J connectivity index is 3.23. The number of hydrogen-bond acceptors (Lipinski definition) is 1. The molecule has 0 fully saturated rings. The van der Waals surface area contributed by atoms with Crippen molar-refractivity contribution in [3.05, 3.63) is 31.6 Å². The number of benzene rings is 1. The lowest BCUT2D eigenvalue weighted by molar-refractivity contribution is 0.101. The summed E-state index contributed by atoms with van der Waals surface area (Å²) >= 11 is 10.4. The molecule has 0 bridgehead atoms. The van der Waals surface area contributed by atoms with Gasteiger partial charge in [0.15, 0.2) is 5.78 Å². The summed E-state index contributed by atoms with van der Waals surface area (Å²) in [4.78, 5) is 11.2. The van der Waals surface area contributed by atoms with Crippen LogP contribution in [-0.4, -0.2) is 11.7 Å². The second-order valence-electron chi connectivity index (χ2n) is 2.30. The van der Waals surface area contributed by atoms with Crippen molar-refractivity contribution in [2.75, 3.05) is 5.88 Å². The fourth-order valence-corrected chi connectivity index (χ4v) is 2.49. The van der Waals surface area contributed by atoms with Crippen LogP contribution in [0.15, 0.2) is 16.6 Å². The van der Waals surface area contributed by atoms with Gasteiger partial charge in [-0.25, -0.2) is 4.39 Å². The maximum absolute atomic E-state index is 13.0. The number of carbonyl (C=O) groups is 1. The average molecular weight is 377 g/mol. The fraction of sp³-hybridized carbons (Fsp3) is 0.125. The molecule has 1 rings (SSSR count). The molecule has 0 heterocycles. The largest absolute Gasteiger partial charge is 0.293 e. The Morgan fingerprint density at radius 3 is 2.77 bits per heavy atom. The van der Waals surface area contributed by atoms with E-state index in [9.17, 15) is 9.18 Å². The number of halogens is 4. The SMILES string of the molecule is O=C(CCl)c1cc(F)c(Br)cc1I. The molecule has 1 aromatic rings. The second kappa shape index (κ2) is 4.70. The standard InChI is InChI=1S/C8H4BrClFIO/c9-5-2-7(12)4(1-6(5)11)8(13)3-10/h1-2H,3H2. The quantitative estimate of drug-likeness (QED) is 0.333. The zero-order valence-corrected chi connectivity index (χ0v) is 10.8. The number of carbonyl (C=O) groups excluding carboxylic acids is 1. The Kier molecular flexibility index (Phi) is 4.12. The summed E-state index contributed by atoms with van der Waals surface area (Å²) in [5.74, 6) is -0.844. The van der Waals surface area contributed by atoms with Gasteiger partial charge in [0.1, 0.15) is 5.82 Å². The molecule has 0 N–H and O–H groups in total. The van der Waals surface area contributed by atoms with Gasteiger partial charge in [-0.05, 0) is 50.7 Å². The number of hydrogen-bond donors (Lipinski definition) is 0. The fourth-order valence-electron chi connectivity index (χ4n) is 0.808. The normalized spacial score (nSPS) is 10.2. The number of ketones is 1. The van der Waals surface area contributed by atoms with Crippen LogP contribution >= 0.6 is 50.1 Å². The first-order chi connectivity index (χ1) is 6.06. The van der Waals surface area contributed by atoms with E-state index < -0.39 is 5.82 Å². The average Bonchev–Trinajstić information content (AvgIpc) is 2.10. The van der Waals surface area contributed by atoms with Crippen LogP contribution in [0.2, 0.25) is 0 Å². The van der Waals surface area contributed by atoms with Gasteiger partial charge in [0, 0.05) is 9.13 Å². The zero-order chi connectivity index (χ0) is 10.0. The molecule has 5 heteroatoms. The van der Waals surface area contributed by atoms with Gasteiger partial charge in [-0.3, -0.25) is 4.79 Å². The minimum absolute atomic E-state index is 0.128. The molecule has 0 amide bonds. The molecule has 0 aliphatic carbocycles. The molecule has 0 aliphatic heterocycles. The van der Waals surface area contributed by atoms with Crippen LogP contribution in [0.4, 0.5) is 4.39 Å². The van der Waals surface area contributed by atoms with Crippen LogP contribution in [0.25, 0.3) is 0 Å². The van der Waals surface area contributed by atoms with Crippen molar-refractivity contribution in [3.63, 3.8) is 0 Å². The number of rotatable bonds is 2. The van der Waals surface area contributed by atoms with E-state index >= 15 is 0 Å². The van der Waals surface area contributed by atoms with Crippen molar-refractivity contribution in [2.24, 2.45) is 0 Å². The molecule has 0 spiro atoms. The first kappa shape index (κ1) is 11.4. The van der Waals surface area contributed by atoms with E-state index in [-0.39, 0.29) is 11.7 Å². The van der Waals surface area contributed by atoms with Gasteiger partial charge in [-0.1, -0.05) is 0 Å². The molecule has 0 atom stereocenters.